The van der Waals surface area contributed by atoms with Crippen LogP contribution in [0.2, 0.25) is 0 Å². The fourth-order valence-corrected chi connectivity index (χ4v) is 5.55. The van der Waals surface area contributed by atoms with Gasteiger partial charge in [0.2, 0.25) is 0 Å². The molecule has 4 heteroatoms. The molecule has 3 rings (SSSR count). The zero-order valence-electron chi connectivity index (χ0n) is 16.8. The highest BCUT2D eigenvalue weighted by molar-refractivity contribution is 5.33. The summed E-state index contributed by atoms with van der Waals surface area (Å²) >= 11 is 0. The van der Waals surface area contributed by atoms with Gasteiger partial charge in [-0.05, 0) is 80.3 Å². The quantitative estimate of drug-likeness (QED) is 0.336. The van der Waals surface area contributed by atoms with Crippen LogP contribution in [0.4, 0.5) is 17.6 Å². The first-order valence-electron chi connectivity index (χ1n) is 11.0. The van der Waals surface area contributed by atoms with Crippen LogP contribution in [0.5, 0.6) is 0 Å². The monoisotopic (exact) mass is 396 g/mol. The van der Waals surface area contributed by atoms with E-state index in [4.69, 9.17) is 0 Å². The Morgan fingerprint density at radius 3 is 2.11 bits per heavy atom. The van der Waals surface area contributed by atoms with E-state index in [2.05, 4.69) is 6.92 Å². The largest absolute Gasteiger partial charge is 0.457 e. The van der Waals surface area contributed by atoms with Crippen LogP contribution in [0.15, 0.2) is 23.6 Å². The van der Waals surface area contributed by atoms with Crippen LogP contribution in [0, 0.1) is 41.4 Å². The molecule has 1 atom stereocenters. The molecule has 3 aliphatic carbocycles. The van der Waals surface area contributed by atoms with Gasteiger partial charge in [-0.2, -0.15) is 13.2 Å². The number of halogens is 4. The first-order valence-corrected chi connectivity index (χ1v) is 11.0. The molecule has 2 saturated carbocycles. The van der Waals surface area contributed by atoms with Gasteiger partial charge in [-0.25, -0.2) is 4.39 Å². The summed E-state index contributed by atoms with van der Waals surface area (Å²) in [6.07, 6.45) is 11.8. The van der Waals surface area contributed by atoms with E-state index in [-0.39, 0.29) is 6.42 Å². The summed E-state index contributed by atoms with van der Waals surface area (Å²) in [4.78, 5) is 0. The molecule has 0 amide bonds. The maximum Gasteiger partial charge on any atom is 0.457 e. The maximum atomic E-state index is 14.2. The van der Waals surface area contributed by atoms with Crippen molar-refractivity contribution in [3.63, 3.8) is 0 Å². The molecule has 0 saturated heterocycles. The molecule has 0 aliphatic heterocycles. The predicted octanol–water partition coefficient (Wildman–Crippen LogP) is 7.76. The molecule has 0 radical (unpaired) electrons. The lowest BCUT2D eigenvalue weighted by Crippen LogP contribution is -2.26. The first-order chi connectivity index (χ1) is 13.4. The van der Waals surface area contributed by atoms with E-state index in [9.17, 15) is 17.6 Å². The van der Waals surface area contributed by atoms with Gasteiger partial charge in [0.15, 0.2) is 0 Å². The molecular formula is C24H32F4. The summed E-state index contributed by atoms with van der Waals surface area (Å²) in [7, 11) is 0. The van der Waals surface area contributed by atoms with Crippen molar-refractivity contribution in [1.29, 1.82) is 0 Å². The standard InChI is InChI=1S/C24H32F4/c1-2-3-17-4-6-18(7-5-17)19-8-10-20(11-9-19)22-13-12-21(23(25)16-22)14-15-24(26,27)28/h13,16-21H,2-12H2,1H3. The van der Waals surface area contributed by atoms with Crippen LogP contribution in [-0.2, 0) is 0 Å². The van der Waals surface area contributed by atoms with Crippen LogP contribution in [0.3, 0.4) is 0 Å². The third-order valence-electron chi connectivity index (χ3n) is 7.11. The second-order valence-electron chi connectivity index (χ2n) is 8.97. The molecule has 0 spiro atoms. The normalized spacial score (nSPS) is 34.1. The van der Waals surface area contributed by atoms with Crippen LogP contribution < -0.4 is 0 Å². The predicted molar refractivity (Wildman–Crippen MR) is 105 cm³/mol. The van der Waals surface area contributed by atoms with Crippen molar-refractivity contribution in [3.05, 3.63) is 23.6 Å². The minimum Gasteiger partial charge on any atom is -0.210 e. The molecule has 0 aromatic carbocycles. The highest BCUT2D eigenvalue weighted by atomic mass is 19.4. The Morgan fingerprint density at radius 2 is 1.57 bits per heavy atom. The van der Waals surface area contributed by atoms with Gasteiger partial charge in [-0.3, -0.25) is 0 Å². The van der Waals surface area contributed by atoms with Crippen molar-refractivity contribution in [2.45, 2.75) is 83.7 Å². The van der Waals surface area contributed by atoms with Gasteiger partial charge < -0.3 is 0 Å². The van der Waals surface area contributed by atoms with Crippen LogP contribution >= 0.6 is 0 Å². The van der Waals surface area contributed by atoms with E-state index >= 15 is 0 Å². The minimum absolute atomic E-state index is 0.252. The van der Waals surface area contributed by atoms with Gasteiger partial charge in [-0.15, -0.1) is 0 Å². The summed E-state index contributed by atoms with van der Waals surface area (Å²) in [5.41, 5.74) is 0.979. The summed E-state index contributed by atoms with van der Waals surface area (Å²) < 4.78 is 50.9. The molecule has 0 N–H and O–H groups in total. The molecule has 0 heterocycles. The fourth-order valence-electron chi connectivity index (χ4n) is 5.55. The fraction of sp³-hybridized carbons (Fsp3) is 0.750. The smallest absolute Gasteiger partial charge is 0.210 e. The van der Waals surface area contributed by atoms with Gasteiger partial charge in [0.05, 0.1) is 5.92 Å². The number of rotatable bonds is 4. The Labute approximate surface area is 166 Å². The molecule has 2 fully saturated rings. The molecule has 0 nitrogen and oxygen atoms in total. The van der Waals surface area contributed by atoms with Crippen LogP contribution in [-0.4, -0.2) is 6.18 Å². The van der Waals surface area contributed by atoms with Crippen molar-refractivity contribution in [3.8, 4) is 11.8 Å². The molecule has 0 bridgehead atoms. The lowest BCUT2D eigenvalue weighted by molar-refractivity contribution is -0.0698. The molecule has 3 aliphatic rings. The average molecular weight is 397 g/mol. The second-order valence-corrected chi connectivity index (χ2v) is 8.97. The SMILES string of the molecule is CCCC1CCC(C2CCC(C3=CCC(C#CC(F)(F)F)C(F)=C3)CC2)CC1. The van der Waals surface area contributed by atoms with E-state index in [0.717, 1.165) is 36.2 Å². The maximum absolute atomic E-state index is 14.2. The van der Waals surface area contributed by atoms with Crippen molar-refractivity contribution >= 4 is 0 Å². The molecule has 0 aromatic heterocycles. The van der Waals surface area contributed by atoms with Crippen LogP contribution in [0.1, 0.15) is 77.6 Å². The number of allylic oxidation sites excluding steroid dienone is 4. The summed E-state index contributed by atoms with van der Waals surface area (Å²) in [6, 6.07) is 0. The van der Waals surface area contributed by atoms with Crippen molar-refractivity contribution in [2.75, 3.05) is 0 Å². The van der Waals surface area contributed by atoms with Gasteiger partial charge >= 0.3 is 6.18 Å². The summed E-state index contributed by atoms with van der Waals surface area (Å²) in [6.45, 7) is 2.27. The van der Waals surface area contributed by atoms with Crippen molar-refractivity contribution < 1.29 is 17.6 Å². The van der Waals surface area contributed by atoms with Crippen molar-refractivity contribution in [1.82, 2.24) is 0 Å². The zero-order chi connectivity index (χ0) is 20.1. The second kappa shape index (κ2) is 9.51. The number of hydrogen-bond acceptors (Lipinski definition) is 0. The average Bonchev–Trinajstić information content (AvgIpc) is 2.67. The van der Waals surface area contributed by atoms with E-state index in [1.54, 1.807) is 0 Å². The van der Waals surface area contributed by atoms with Gasteiger partial charge in [-0.1, -0.05) is 44.6 Å². The minimum atomic E-state index is -4.56. The summed E-state index contributed by atoms with van der Waals surface area (Å²) in [5, 5.41) is 0. The Kier molecular flexibility index (Phi) is 7.29. The molecular weight excluding hydrogens is 364 g/mol. The molecule has 1 unspecified atom stereocenters. The summed E-state index contributed by atoms with van der Waals surface area (Å²) in [5.74, 6) is 4.76. The third-order valence-corrected chi connectivity index (χ3v) is 7.11. The van der Waals surface area contributed by atoms with E-state index in [1.807, 2.05) is 12.0 Å². The first kappa shape index (κ1) is 21.5. The van der Waals surface area contributed by atoms with Gasteiger partial charge in [0.1, 0.15) is 5.83 Å². The van der Waals surface area contributed by atoms with Crippen molar-refractivity contribution in [2.24, 2.45) is 29.6 Å². The highest BCUT2D eigenvalue weighted by Gasteiger charge is 2.32. The van der Waals surface area contributed by atoms with Crippen LogP contribution in [0.25, 0.3) is 0 Å². The van der Waals surface area contributed by atoms with E-state index in [1.165, 1.54) is 63.4 Å². The third kappa shape index (κ3) is 5.88. The number of alkyl halides is 3. The van der Waals surface area contributed by atoms with E-state index in [0.29, 0.717) is 5.92 Å². The molecule has 156 valence electrons. The van der Waals surface area contributed by atoms with Gasteiger partial charge in [0.25, 0.3) is 0 Å². The molecule has 0 aromatic rings. The Hall–Kier alpha value is -1.24. The lowest BCUT2D eigenvalue weighted by Gasteiger charge is -2.38. The zero-order valence-corrected chi connectivity index (χ0v) is 16.8. The Morgan fingerprint density at radius 1 is 0.964 bits per heavy atom. The Balaban J connectivity index is 1.48. The molecule has 28 heavy (non-hydrogen) atoms. The van der Waals surface area contributed by atoms with Gasteiger partial charge in [0, 0.05) is 5.92 Å². The Bertz CT molecular complexity index is 630. The van der Waals surface area contributed by atoms with E-state index < -0.39 is 17.9 Å². The lowest BCUT2D eigenvalue weighted by atomic mass is 9.67. The highest BCUT2D eigenvalue weighted by Crippen LogP contribution is 2.44. The topological polar surface area (TPSA) is 0 Å². The number of hydrogen-bond donors (Lipinski definition) is 0.